The Morgan fingerprint density at radius 1 is 1.12 bits per heavy atom. The molecule has 1 atom stereocenters. The molecule has 0 bridgehead atoms. The lowest BCUT2D eigenvalue weighted by molar-refractivity contribution is 0.136. The molecule has 1 aliphatic rings. The second kappa shape index (κ2) is 7.49. The van der Waals surface area contributed by atoms with Crippen molar-refractivity contribution in [2.45, 2.75) is 31.7 Å². The van der Waals surface area contributed by atoms with Gasteiger partial charge >= 0.3 is 6.09 Å². The minimum absolute atomic E-state index is 0.0503. The van der Waals surface area contributed by atoms with Crippen LogP contribution in [0.15, 0.2) is 48.5 Å². The average Bonchev–Trinajstić information content (AvgIpc) is 2.93. The summed E-state index contributed by atoms with van der Waals surface area (Å²) in [7, 11) is 0. The van der Waals surface area contributed by atoms with E-state index in [2.05, 4.69) is 29.6 Å². The fraction of sp³-hybridized carbons (Fsp3) is 0.350. The van der Waals surface area contributed by atoms with Crippen molar-refractivity contribution in [1.29, 1.82) is 0 Å². The molecule has 1 unspecified atom stereocenters. The Labute approximate surface area is 142 Å². The van der Waals surface area contributed by atoms with Crippen LogP contribution in [0.5, 0.6) is 0 Å². The number of fused-ring (bicyclic) bond motifs is 3. The molecule has 0 spiro atoms. The third kappa shape index (κ3) is 3.29. The van der Waals surface area contributed by atoms with Gasteiger partial charge < -0.3 is 15.2 Å². The van der Waals surface area contributed by atoms with Gasteiger partial charge in [-0.1, -0.05) is 55.5 Å². The zero-order chi connectivity index (χ0) is 16.9. The van der Waals surface area contributed by atoms with E-state index in [0.29, 0.717) is 13.0 Å². The van der Waals surface area contributed by atoms with Crippen molar-refractivity contribution in [3.63, 3.8) is 0 Å². The van der Waals surface area contributed by atoms with Crippen molar-refractivity contribution in [2.75, 3.05) is 13.2 Å². The van der Waals surface area contributed by atoms with E-state index < -0.39 is 6.09 Å². The molecule has 0 aliphatic heterocycles. The lowest BCUT2D eigenvalue weighted by atomic mass is 9.98. The normalized spacial score (nSPS) is 13.9. The van der Waals surface area contributed by atoms with Crippen LogP contribution < -0.4 is 5.32 Å². The van der Waals surface area contributed by atoms with E-state index in [-0.39, 0.29) is 18.6 Å². The Morgan fingerprint density at radius 3 is 2.25 bits per heavy atom. The number of hydrogen-bond acceptors (Lipinski definition) is 3. The Kier molecular flexibility index (Phi) is 5.16. The van der Waals surface area contributed by atoms with Gasteiger partial charge in [0.1, 0.15) is 6.61 Å². The van der Waals surface area contributed by atoms with Crippen molar-refractivity contribution in [3.8, 4) is 11.1 Å². The van der Waals surface area contributed by atoms with Crippen molar-refractivity contribution in [2.24, 2.45) is 0 Å². The van der Waals surface area contributed by atoms with Gasteiger partial charge in [0.15, 0.2) is 0 Å². The highest BCUT2D eigenvalue weighted by atomic mass is 16.5. The second-order valence-electron chi connectivity index (χ2n) is 6.09. The van der Waals surface area contributed by atoms with Crippen LogP contribution in [0.1, 0.15) is 36.8 Å². The molecule has 0 aromatic heterocycles. The SMILES string of the molecule is CCC(CCO)NC(=O)OCC1c2ccccc2-c2ccccc21. The molecular weight excluding hydrogens is 302 g/mol. The molecule has 0 heterocycles. The van der Waals surface area contributed by atoms with E-state index >= 15 is 0 Å². The number of benzene rings is 2. The fourth-order valence-corrected chi connectivity index (χ4v) is 3.34. The maximum absolute atomic E-state index is 12.1. The summed E-state index contributed by atoms with van der Waals surface area (Å²) < 4.78 is 5.49. The van der Waals surface area contributed by atoms with Crippen LogP contribution >= 0.6 is 0 Å². The van der Waals surface area contributed by atoms with Crippen molar-refractivity contribution >= 4 is 6.09 Å². The Bertz CT molecular complexity index is 668. The molecule has 0 saturated heterocycles. The number of carbonyl (C=O) groups is 1. The van der Waals surface area contributed by atoms with Crippen LogP contribution in [0.3, 0.4) is 0 Å². The third-order valence-corrected chi connectivity index (χ3v) is 4.64. The van der Waals surface area contributed by atoms with Crippen molar-refractivity contribution in [1.82, 2.24) is 5.32 Å². The van der Waals surface area contributed by atoms with Gasteiger partial charge in [-0.05, 0) is 35.1 Å². The van der Waals surface area contributed by atoms with Crippen LogP contribution in [0, 0.1) is 0 Å². The molecule has 126 valence electrons. The minimum Gasteiger partial charge on any atom is -0.449 e. The van der Waals surface area contributed by atoms with E-state index in [9.17, 15) is 4.79 Å². The zero-order valence-electron chi connectivity index (χ0n) is 13.9. The molecule has 4 heteroatoms. The van der Waals surface area contributed by atoms with Crippen molar-refractivity contribution < 1.29 is 14.6 Å². The molecule has 4 nitrogen and oxygen atoms in total. The van der Waals surface area contributed by atoms with E-state index in [4.69, 9.17) is 9.84 Å². The molecule has 3 rings (SSSR count). The summed E-state index contributed by atoms with van der Waals surface area (Å²) in [5.74, 6) is 0.0704. The molecule has 2 aromatic rings. The predicted octanol–water partition coefficient (Wildman–Crippen LogP) is 3.69. The number of alkyl carbamates (subject to hydrolysis) is 1. The molecule has 2 N–H and O–H groups in total. The summed E-state index contributed by atoms with van der Waals surface area (Å²) in [5.41, 5.74) is 4.84. The molecule has 0 saturated carbocycles. The van der Waals surface area contributed by atoms with Gasteiger partial charge in [0, 0.05) is 18.6 Å². The number of aliphatic hydroxyl groups is 1. The summed E-state index contributed by atoms with van der Waals surface area (Å²) in [6.45, 7) is 2.35. The molecule has 2 aromatic carbocycles. The maximum Gasteiger partial charge on any atom is 0.407 e. The van der Waals surface area contributed by atoms with Gasteiger partial charge in [-0.3, -0.25) is 0 Å². The first-order valence-corrected chi connectivity index (χ1v) is 8.47. The number of ether oxygens (including phenoxy) is 1. The smallest absolute Gasteiger partial charge is 0.407 e. The predicted molar refractivity (Wildman–Crippen MR) is 94.0 cm³/mol. The summed E-state index contributed by atoms with van der Waals surface area (Å²) in [4.78, 5) is 12.1. The molecule has 0 radical (unpaired) electrons. The van der Waals surface area contributed by atoms with Crippen molar-refractivity contribution in [3.05, 3.63) is 59.7 Å². The molecule has 0 fully saturated rings. The van der Waals surface area contributed by atoms with Gasteiger partial charge in [0.05, 0.1) is 0 Å². The Balaban J connectivity index is 1.70. The van der Waals surface area contributed by atoms with Crippen LogP contribution in [-0.4, -0.2) is 30.5 Å². The first-order chi connectivity index (χ1) is 11.7. The van der Waals surface area contributed by atoms with E-state index in [1.54, 1.807) is 0 Å². The largest absolute Gasteiger partial charge is 0.449 e. The van der Waals surface area contributed by atoms with E-state index in [1.165, 1.54) is 22.3 Å². The molecule has 1 aliphatic carbocycles. The number of rotatable bonds is 6. The van der Waals surface area contributed by atoms with Crippen LogP contribution in [-0.2, 0) is 4.74 Å². The number of carbonyl (C=O) groups excluding carboxylic acids is 1. The highest BCUT2D eigenvalue weighted by Gasteiger charge is 2.29. The number of hydrogen-bond donors (Lipinski definition) is 2. The monoisotopic (exact) mass is 325 g/mol. The van der Waals surface area contributed by atoms with Gasteiger partial charge in [-0.15, -0.1) is 0 Å². The standard InChI is InChI=1S/C20H23NO3/c1-2-14(11-12-22)21-20(23)24-13-19-17-9-5-3-7-15(17)16-8-4-6-10-18(16)19/h3-10,14,19,22H,2,11-13H2,1H3,(H,21,23). The van der Waals surface area contributed by atoms with E-state index in [1.807, 2.05) is 31.2 Å². The highest BCUT2D eigenvalue weighted by molar-refractivity contribution is 5.79. The van der Waals surface area contributed by atoms with Gasteiger partial charge in [-0.2, -0.15) is 0 Å². The average molecular weight is 325 g/mol. The number of amides is 1. The third-order valence-electron chi connectivity index (χ3n) is 4.64. The summed E-state index contributed by atoms with van der Waals surface area (Å²) >= 11 is 0. The lowest BCUT2D eigenvalue weighted by Crippen LogP contribution is -2.36. The molecule has 1 amide bonds. The molecule has 24 heavy (non-hydrogen) atoms. The number of nitrogens with one attached hydrogen (secondary N) is 1. The zero-order valence-corrected chi connectivity index (χ0v) is 13.9. The van der Waals surface area contributed by atoms with Gasteiger partial charge in [-0.25, -0.2) is 4.79 Å². The number of aliphatic hydroxyl groups excluding tert-OH is 1. The summed E-state index contributed by atoms with van der Waals surface area (Å²) in [5, 5.41) is 11.8. The fourth-order valence-electron chi connectivity index (χ4n) is 3.34. The van der Waals surface area contributed by atoms with Gasteiger partial charge in [0.25, 0.3) is 0 Å². The van der Waals surface area contributed by atoms with Crippen LogP contribution in [0.4, 0.5) is 4.79 Å². The summed E-state index contributed by atoms with van der Waals surface area (Å²) in [6, 6.07) is 16.5. The maximum atomic E-state index is 12.1. The first-order valence-electron chi connectivity index (χ1n) is 8.47. The Morgan fingerprint density at radius 2 is 1.71 bits per heavy atom. The summed E-state index contributed by atoms with van der Waals surface area (Å²) in [6.07, 6.45) is 0.892. The minimum atomic E-state index is -0.419. The van der Waals surface area contributed by atoms with Crippen LogP contribution in [0.2, 0.25) is 0 Å². The first kappa shape index (κ1) is 16.5. The second-order valence-corrected chi connectivity index (χ2v) is 6.09. The molecular formula is C20H23NO3. The highest BCUT2D eigenvalue weighted by Crippen LogP contribution is 2.44. The van der Waals surface area contributed by atoms with E-state index in [0.717, 1.165) is 6.42 Å². The lowest BCUT2D eigenvalue weighted by Gasteiger charge is -2.18. The van der Waals surface area contributed by atoms with Crippen LogP contribution in [0.25, 0.3) is 11.1 Å². The topological polar surface area (TPSA) is 58.6 Å². The van der Waals surface area contributed by atoms with Gasteiger partial charge in [0.2, 0.25) is 0 Å². The quantitative estimate of drug-likeness (QED) is 0.851. The Hall–Kier alpha value is -2.33.